The minimum Gasteiger partial charge on any atom is -0.370 e. The SMILES string of the molecule is CC.NC(=O)CC(N)c1cccc([N+](=O)[O-])c1. The van der Waals surface area contributed by atoms with Gasteiger partial charge in [0.15, 0.2) is 0 Å². The summed E-state index contributed by atoms with van der Waals surface area (Å²) in [6.07, 6.45) is -0.0266. The second kappa shape index (κ2) is 7.34. The maximum absolute atomic E-state index is 10.6. The summed E-state index contributed by atoms with van der Waals surface area (Å²) < 4.78 is 0. The van der Waals surface area contributed by atoms with Gasteiger partial charge in [0.2, 0.25) is 5.91 Å². The van der Waals surface area contributed by atoms with Crippen molar-refractivity contribution < 1.29 is 9.72 Å². The number of hydrogen-bond acceptors (Lipinski definition) is 4. The van der Waals surface area contributed by atoms with Crippen LogP contribution in [0.1, 0.15) is 31.9 Å². The molecule has 0 aromatic heterocycles. The molecule has 0 spiro atoms. The lowest BCUT2D eigenvalue weighted by molar-refractivity contribution is -0.384. The van der Waals surface area contributed by atoms with Crippen LogP contribution in [-0.4, -0.2) is 10.8 Å². The van der Waals surface area contributed by atoms with Gasteiger partial charge in [0, 0.05) is 24.6 Å². The largest absolute Gasteiger partial charge is 0.370 e. The zero-order valence-electron chi connectivity index (χ0n) is 9.92. The molecule has 0 bridgehead atoms. The number of non-ortho nitro benzene ring substituents is 1. The Morgan fingerprint density at radius 2 is 2.06 bits per heavy atom. The Morgan fingerprint density at radius 3 is 2.53 bits per heavy atom. The van der Waals surface area contributed by atoms with E-state index in [1.165, 1.54) is 18.2 Å². The van der Waals surface area contributed by atoms with Crippen molar-refractivity contribution in [1.82, 2.24) is 0 Å². The average molecular weight is 239 g/mol. The van der Waals surface area contributed by atoms with Crippen LogP contribution in [0.2, 0.25) is 0 Å². The number of nitro benzene ring substituents is 1. The number of nitrogens with zero attached hydrogens (tertiary/aromatic N) is 1. The lowest BCUT2D eigenvalue weighted by atomic mass is 10.0. The summed E-state index contributed by atoms with van der Waals surface area (Å²) in [4.78, 5) is 20.6. The van der Waals surface area contributed by atoms with Gasteiger partial charge in [-0.2, -0.15) is 0 Å². The maximum Gasteiger partial charge on any atom is 0.269 e. The van der Waals surface area contributed by atoms with Crippen LogP contribution in [0.3, 0.4) is 0 Å². The Hall–Kier alpha value is -1.95. The molecule has 0 heterocycles. The quantitative estimate of drug-likeness (QED) is 0.612. The molecule has 17 heavy (non-hydrogen) atoms. The van der Waals surface area contributed by atoms with Gasteiger partial charge in [-0.15, -0.1) is 0 Å². The molecule has 1 aromatic carbocycles. The number of hydrogen-bond donors (Lipinski definition) is 2. The highest BCUT2D eigenvalue weighted by Crippen LogP contribution is 2.19. The van der Waals surface area contributed by atoms with E-state index in [9.17, 15) is 14.9 Å². The third kappa shape index (κ3) is 5.07. The van der Waals surface area contributed by atoms with Gasteiger partial charge in [0.1, 0.15) is 0 Å². The molecule has 1 aromatic rings. The van der Waals surface area contributed by atoms with Crippen molar-refractivity contribution in [1.29, 1.82) is 0 Å². The molecule has 94 valence electrons. The number of nitrogens with two attached hydrogens (primary N) is 2. The molecule has 0 saturated carbocycles. The minimum absolute atomic E-state index is 0.0266. The molecule has 6 heteroatoms. The molecule has 0 radical (unpaired) electrons. The fraction of sp³-hybridized carbons (Fsp3) is 0.364. The molecule has 1 unspecified atom stereocenters. The van der Waals surface area contributed by atoms with Crippen molar-refractivity contribution in [2.45, 2.75) is 26.3 Å². The third-order valence-corrected chi connectivity index (χ3v) is 1.93. The first-order valence-electron chi connectivity index (χ1n) is 5.29. The predicted octanol–water partition coefficient (Wildman–Crippen LogP) is 1.50. The second-order valence-electron chi connectivity index (χ2n) is 3.13. The van der Waals surface area contributed by atoms with Crippen LogP contribution in [0.5, 0.6) is 0 Å². The van der Waals surface area contributed by atoms with E-state index < -0.39 is 16.9 Å². The number of nitro groups is 1. The van der Waals surface area contributed by atoms with Gasteiger partial charge in [0.05, 0.1) is 4.92 Å². The van der Waals surface area contributed by atoms with Crippen molar-refractivity contribution in [3.05, 3.63) is 39.9 Å². The summed E-state index contributed by atoms with van der Waals surface area (Å²) in [5.41, 5.74) is 11.1. The molecule has 0 fully saturated rings. The van der Waals surface area contributed by atoms with Crippen molar-refractivity contribution in [3.8, 4) is 0 Å². The number of rotatable bonds is 4. The number of primary amides is 1. The Bertz CT molecular complexity index is 393. The van der Waals surface area contributed by atoms with Gasteiger partial charge >= 0.3 is 0 Å². The first-order chi connectivity index (χ1) is 8.00. The molecule has 0 aliphatic carbocycles. The normalized spacial score (nSPS) is 11.0. The highest BCUT2D eigenvalue weighted by atomic mass is 16.6. The predicted molar refractivity (Wildman–Crippen MR) is 65.2 cm³/mol. The van der Waals surface area contributed by atoms with Gasteiger partial charge in [-0.25, -0.2) is 0 Å². The Labute approximate surface area is 99.8 Å². The molecule has 6 nitrogen and oxygen atoms in total. The van der Waals surface area contributed by atoms with E-state index in [-0.39, 0.29) is 12.1 Å². The van der Waals surface area contributed by atoms with E-state index in [1.54, 1.807) is 6.07 Å². The zero-order chi connectivity index (χ0) is 13.4. The molecular formula is C11H17N3O3. The van der Waals surface area contributed by atoms with E-state index in [2.05, 4.69) is 0 Å². The standard InChI is InChI=1S/C9H11N3O3.C2H6/c10-8(5-9(11)13)6-2-1-3-7(4-6)12(14)15;1-2/h1-4,8H,5,10H2,(H2,11,13);1-2H3. The van der Waals surface area contributed by atoms with Gasteiger partial charge in [-0.1, -0.05) is 26.0 Å². The van der Waals surface area contributed by atoms with Crippen LogP contribution < -0.4 is 11.5 Å². The fourth-order valence-corrected chi connectivity index (χ4v) is 1.20. The van der Waals surface area contributed by atoms with E-state index >= 15 is 0 Å². The van der Waals surface area contributed by atoms with Crippen LogP contribution >= 0.6 is 0 Å². The summed E-state index contributed by atoms with van der Waals surface area (Å²) in [5.74, 6) is -0.533. The van der Waals surface area contributed by atoms with Gasteiger partial charge in [-0.3, -0.25) is 14.9 Å². The van der Waals surface area contributed by atoms with E-state index in [1.807, 2.05) is 13.8 Å². The van der Waals surface area contributed by atoms with Crippen LogP contribution in [0.25, 0.3) is 0 Å². The lowest BCUT2D eigenvalue weighted by Gasteiger charge is -2.08. The number of amides is 1. The molecular weight excluding hydrogens is 222 g/mol. The second-order valence-corrected chi connectivity index (χ2v) is 3.13. The average Bonchev–Trinajstić information content (AvgIpc) is 2.31. The smallest absolute Gasteiger partial charge is 0.269 e. The van der Waals surface area contributed by atoms with Crippen LogP contribution in [0.15, 0.2) is 24.3 Å². The van der Waals surface area contributed by atoms with Crippen molar-refractivity contribution >= 4 is 11.6 Å². The summed E-state index contributed by atoms with van der Waals surface area (Å²) in [6, 6.07) is 5.26. The fourth-order valence-electron chi connectivity index (χ4n) is 1.20. The van der Waals surface area contributed by atoms with Crippen LogP contribution in [-0.2, 0) is 4.79 Å². The third-order valence-electron chi connectivity index (χ3n) is 1.93. The van der Waals surface area contributed by atoms with E-state index in [0.717, 1.165) is 0 Å². The summed E-state index contributed by atoms with van der Waals surface area (Å²) >= 11 is 0. The van der Waals surface area contributed by atoms with E-state index in [4.69, 9.17) is 11.5 Å². The molecule has 1 rings (SSSR count). The summed E-state index contributed by atoms with van der Waals surface area (Å²) in [5, 5.41) is 10.5. The van der Waals surface area contributed by atoms with Gasteiger partial charge in [-0.05, 0) is 5.56 Å². The zero-order valence-corrected chi connectivity index (χ0v) is 9.92. The number of carbonyl (C=O) groups excluding carboxylic acids is 1. The van der Waals surface area contributed by atoms with Crippen molar-refractivity contribution in [2.24, 2.45) is 11.5 Å². The monoisotopic (exact) mass is 239 g/mol. The first-order valence-corrected chi connectivity index (χ1v) is 5.29. The molecule has 1 atom stereocenters. The maximum atomic E-state index is 10.6. The Morgan fingerprint density at radius 1 is 1.47 bits per heavy atom. The molecule has 0 aliphatic heterocycles. The van der Waals surface area contributed by atoms with Crippen molar-refractivity contribution in [2.75, 3.05) is 0 Å². The lowest BCUT2D eigenvalue weighted by Crippen LogP contribution is -2.20. The number of benzene rings is 1. The molecule has 1 amide bonds. The Kier molecular flexibility index (Phi) is 6.50. The Balaban J connectivity index is 0.00000121. The van der Waals surface area contributed by atoms with Crippen LogP contribution in [0.4, 0.5) is 5.69 Å². The molecule has 0 aliphatic rings. The van der Waals surface area contributed by atoms with Gasteiger partial charge < -0.3 is 11.5 Å². The number of carbonyl (C=O) groups is 1. The first kappa shape index (κ1) is 15.0. The van der Waals surface area contributed by atoms with Gasteiger partial charge in [0.25, 0.3) is 5.69 Å². The summed E-state index contributed by atoms with van der Waals surface area (Å²) in [6.45, 7) is 4.00. The van der Waals surface area contributed by atoms with E-state index in [0.29, 0.717) is 5.56 Å². The summed E-state index contributed by atoms with van der Waals surface area (Å²) in [7, 11) is 0. The van der Waals surface area contributed by atoms with Crippen LogP contribution in [0, 0.1) is 10.1 Å². The molecule has 0 saturated heterocycles. The van der Waals surface area contributed by atoms with Crippen molar-refractivity contribution in [3.63, 3.8) is 0 Å². The minimum atomic E-state index is -0.595. The highest BCUT2D eigenvalue weighted by molar-refractivity contribution is 5.74. The topological polar surface area (TPSA) is 112 Å². The highest BCUT2D eigenvalue weighted by Gasteiger charge is 2.12. The molecule has 4 N–H and O–H groups in total.